The number of imidazole rings is 1. The molecule has 0 saturated carbocycles. The van der Waals surface area contributed by atoms with E-state index in [0.29, 0.717) is 11.2 Å². The maximum atomic E-state index is 10.1. The molecular formula is C29H26N4. The van der Waals surface area contributed by atoms with Crippen LogP contribution in [0.15, 0.2) is 78.9 Å². The van der Waals surface area contributed by atoms with E-state index in [1.165, 1.54) is 16.7 Å². The molecule has 5 aromatic rings. The number of nitrogens with one attached hydrogen (secondary N) is 1. The van der Waals surface area contributed by atoms with Gasteiger partial charge in [-0.15, -0.1) is 0 Å². The molecule has 0 fully saturated rings. The van der Waals surface area contributed by atoms with Crippen molar-refractivity contribution in [1.29, 1.82) is 5.26 Å². The van der Waals surface area contributed by atoms with Gasteiger partial charge >= 0.3 is 0 Å². The minimum atomic E-state index is 0.0830. The van der Waals surface area contributed by atoms with Crippen molar-refractivity contribution in [3.05, 3.63) is 112 Å². The molecule has 2 heterocycles. The summed E-state index contributed by atoms with van der Waals surface area (Å²) in [6.45, 7) is 6.31. The summed E-state index contributed by atoms with van der Waals surface area (Å²) >= 11 is 0. The van der Waals surface area contributed by atoms with Gasteiger partial charge in [-0.25, -0.2) is 4.98 Å². The molecule has 4 heteroatoms. The molecule has 2 aromatic heterocycles. The number of hydrogen-bond donors (Lipinski definition) is 1. The number of rotatable bonds is 5. The minimum Gasteiger partial charge on any atom is -0.364 e. The number of para-hydroxylation sites is 2. The first-order chi connectivity index (χ1) is 16.1. The molecule has 0 unspecified atom stereocenters. The molecule has 0 bridgehead atoms. The van der Waals surface area contributed by atoms with E-state index < -0.39 is 0 Å². The average molecular weight is 431 g/mol. The van der Waals surface area contributed by atoms with Crippen molar-refractivity contribution in [3.8, 4) is 6.07 Å². The van der Waals surface area contributed by atoms with Gasteiger partial charge in [0.1, 0.15) is 11.9 Å². The van der Waals surface area contributed by atoms with Crippen molar-refractivity contribution in [2.45, 2.75) is 33.2 Å². The first-order valence-corrected chi connectivity index (χ1v) is 11.3. The highest BCUT2D eigenvalue weighted by Gasteiger charge is 2.22. The van der Waals surface area contributed by atoms with Crippen molar-refractivity contribution in [2.24, 2.45) is 0 Å². The number of aryl methyl sites for hydroxylation is 1. The zero-order valence-electron chi connectivity index (χ0n) is 19.1. The number of anilines is 1. The average Bonchev–Trinajstić information content (AvgIpc) is 3.22. The molecule has 0 amide bonds. The maximum absolute atomic E-state index is 10.1. The van der Waals surface area contributed by atoms with E-state index in [0.717, 1.165) is 34.4 Å². The van der Waals surface area contributed by atoms with E-state index in [-0.39, 0.29) is 6.04 Å². The molecule has 33 heavy (non-hydrogen) atoms. The fraction of sp³-hybridized carbons (Fsp3) is 0.172. The first-order valence-electron chi connectivity index (χ1n) is 11.3. The summed E-state index contributed by atoms with van der Waals surface area (Å²) in [5.41, 5.74) is 8.97. The topological polar surface area (TPSA) is 53.1 Å². The third kappa shape index (κ3) is 3.72. The van der Waals surface area contributed by atoms with Crippen LogP contribution in [-0.4, -0.2) is 9.38 Å². The quantitative estimate of drug-likeness (QED) is 0.336. The van der Waals surface area contributed by atoms with Crippen LogP contribution in [0.4, 0.5) is 5.82 Å². The second kappa shape index (κ2) is 8.44. The zero-order chi connectivity index (χ0) is 22.9. The molecule has 1 atom stereocenters. The molecule has 0 spiro atoms. The number of aromatic nitrogens is 2. The fourth-order valence-corrected chi connectivity index (χ4v) is 4.49. The Morgan fingerprint density at radius 1 is 0.939 bits per heavy atom. The van der Waals surface area contributed by atoms with Crippen LogP contribution in [0.1, 0.15) is 46.3 Å². The second-order valence-corrected chi connectivity index (χ2v) is 8.64. The van der Waals surface area contributed by atoms with Gasteiger partial charge in [-0.05, 0) is 49.6 Å². The normalized spacial score (nSPS) is 12.1. The van der Waals surface area contributed by atoms with E-state index in [4.69, 9.17) is 4.98 Å². The van der Waals surface area contributed by atoms with Crippen LogP contribution in [0.3, 0.4) is 0 Å². The van der Waals surface area contributed by atoms with Crippen LogP contribution in [-0.2, 0) is 6.42 Å². The van der Waals surface area contributed by atoms with Crippen LogP contribution in [0.25, 0.3) is 16.7 Å². The van der Waals surface area contributed by atoms with Crippen LogP contribution in [0.2, 0.25) is 0 Å². The van der Waals surface area contributed by atoms with Crippen molar-refractivity contribution >= 4 is 22.5 Å². The summed E-state index contributed by atoms with van der Waals surface area (Å²) in [7, 11) is 0. The molecule has 0 aliphatic heterocycles. The van der Waals surface area contributed by atoms with Crippen LogP contribution in [0.5, 0.6) is 0 Å². The number of pyridine rings is 1. The molecule has 0 saturated heterocycles. The predicted molar refractivity (Wildman–Crippen MR) is 135 cm³/mol. The third-order valence-corrected chi connectivity index (χ3v) is 6.39. The maximum Gasteiger partial charge on any atom is 0.157 e. The van der Waals surface area contributed by atoms with Gasteiger partial charge in [0.05, 0.1) is 16.6 Å². The summed E-state index contributed by atoms with van der Waals surface area (Å²) in [5, 5.41) is 13.9. The van der Waals surface area contributed by atoms with Gasteiger partial charge in [-0.3, -0.25) is 4.40 Å². The molecule has 4 nitrogen and oxygen atoms in total. The lowest BCUT2D eigenvalue weighted by Crippen LogP contribution is -2.14. The smallest absolute Gasteiger partial charge is 0.157 e. The highest BCUT2D eigenvalue weighted by Crippen LogP contribution is 2.34. The third-order valence-electron chi connectivity index (χ3n) is 6.39. The molecule has 0 radical (unpaired) electrons. The van der Waals surface area contributed by atoms with Crippen LogP contribution >= 0.6 is 0 Å². The largest absolute Gasteiger partial charge is 0.364 e. The van der Waals surface area contributed by atoms with Gasteiger partial charge in [0.25, 0.3) is 0 Å². The van der Waals surface area contributed by atoms with E-state index >= 15 is 0 Å². The van der Waals surface area contributed by atoms with E-state index in [9.17, 15) is 5.26 Å². The lowest BCUT2D eigenvalue weighted by molar-refractivity contribution is 0.862. The summed E-state index contributed by atoms with van der Waals surface area (Å²) in [6, 6.07) is 29.6. The van der Waals surface area contributed by atoms with E-state index in [1.807, 2.05) is 31.2 Å². The van der Waals surface area contributed by atoms with Crippen LogP contribution in [0, 0.1) is 25.2 Å². The summed E-state index contributed by atoms with van der Waals surface area (Å²) in [5.74, 6) is 0.993. The molecule has 162 valence electrons. The van der Waals surface area contributed by atoms with E-state index in [1.54, 1.807) is 0 Å². The summed E-state index contributed by atoms with van der Waals surface area (Å²) in [4.78, 5) is 4.85. The Morgan fingerprint density at radius 3 is 2.36 bits per heavy atom. The van der Waals surface area contributed by atoms with Crippen LogP contribution < -0.4 is 5.32 Å². The summed E-state index contributed by atoms with van der Waals surface area (Å²) in [6.07, 6.45) is 0.729. The Labute approximate surface area is 194 Å². The Bertz CT molecular complexity index is 1490. The number of nitriles is 1. The van der Waals surface area contributed by atoms with E-state index in [2.05, 4.69) is 84.2 Å². The minimum absolute atomic E-state index is 0.0830. The van der Waals surface area contributed by atoms with Crippen molar-refractivity contribution in [2.75, 3.05) is 5.32 Å². The van der Waals surface area contributed by atoms with Crippen molar-refractivity contribution in [3.63, 3.8) is 0 Å². The lowest BCUT2D eigenvalue weighted by atomic mass is 9.96. The second-order valence-electron chi connectivity index (χ2n) is 8.64. The van der Waals surface area contributed by atoms with Gasteiger partial charge in [0.2, 0.25) is 0 Å². The molecular weight excluding hydrogens is 404 g/mol. The zero-order valence-corrected chi connectivity index (χ0v) is 19.1. The Balaban J connectivity index is 1.78. The van der Waals surface area contributed by atoms with Gasteiger partial charge in [0.15, 0.2) is 5.65 Å². The monoisotopic (exact) mass is 430 g/mol. The lowest BCUT2D eigenvalue weighted by Gasteiger charge is -2.23. The molecule has 0 aliphatic carbocycles. The van der Waals surface area contributed by atoms with Gasteiger partial charge < -0.3 is 5.32 Å². The van der Waals surface area contributed by atoms with Gasteiger partial charge in [-0.2, -0.15) is 5.26 Å². The predicted octanol–water partition coefficient (Wildman–Crippen LogP) is 6.74. The number of fused-ring (bicyclic) bond motifs is 3. The Morgan fingerprint density at radius 2 is 1.64 bits per heavy atom. The molecule has 3 aromatic carbocycles. The molecule has 5 rings (SSSR count). The highest BCUT2D eigenvalue weighted by molar-refractivity contribution is 5.86. The van der Waals surface area contributed by atoms with Gasteiger partial charge in [0, 0.05) is 18.0 Å². The highest BCUT2D eigenvalue weighted by atomic mass is 15.1. The first kappa shape index (κ1) is 20.8. The molecule has 1 N–H and O–H groups in total. The summed E-state index contributed by atoms with van der Waals surface area (Å²) < 4.78 is 2.13. The van der Waals surface area contributed by atoms with Gasteiger partial charge in [-0.1, -0.05) is 72.3 Å². The Hall–Kier alpha value is -4.10. The Kier molecular flexibility index (Phi) is 5.32. The number of hydrogen-bond acceptors (Lipinski definition) is 3. The number of nitrogens with zero attached hydrogens (tertiary/aromatic N) is 3. The SMILES string of the molecule is Cc1ccc(Cc2c(C)c(C#N)c3nc4ccccc4n3c2N[C@@H](C)c2ccccc2)cc1. The van der Waals surface area contributed by atoms with Crippen molar-refractivity contribution in [1.82, 2.24) is 9.38 Å². The molecule has 0 aliphatic rings. The standard InChI is InChI=1S/C29H26N4/c1-19-13-15-22(16-14-19)17-24-20(2)25(18-30)29-32-26-11-7-8-12-27(26)33(29)28(24)31-21(3)23-9-5-4-6-10-23/h4-16,21,31H,17H2,1-3H3/t21-/m0/s1. The van der Waals surface area contributed by atoms with Crippen molar-refractivity contribution < 1.29 is 0 Å². The number of benzene rings is 3. The fourth-order valence-electron chi connectivity index (χ4n) is 4.49.